The molecule has 0 bridgehead atoms. The lowest BCUT2D eigenvalue weighted by Gasteiger charge is -2.26. The first-order chi connectivity index (χ1) is 10.4. The lowest BCUT2D eigenvalue weighted by molar-refractivity contribution is 0.0348. The fraction of sp³-hybridized carbons (Fsp3) is 0.562. The summed E-state index contributed by atoms with van der Waals surface area (Å²) in [5, 5.41) is 17.0. The Bertz CT molecular complexity index is 559. The van der Waals surface area contributed by atoms with Crippen LogP contribution in [0.5, 0.6) is 0 Å². The molecule has 1 aromatic carbocycles. The Morgan fingerprint density at radius 1 is 1.36 bits per heavy atom. The molecule has 0 aliphatic heterocycles. The second kappa shape index (κ2) is 7.07. The molecule has 1 atom stereocenters. The summed E-state index contributed by atoms with van der Waals surface area (Å²) in [5.74, 6) is 0. The molecule has 0 aromatic heterocycles. The van der Waals surface area contributed by atoms with E-state index in [4.69, 9.17) is 23.2 Å². The second-order valence-corrected chi connectivity index (χ2v) is 6.56. The lowest BCUT2D eigenvalue weighted by atomic mass is 9.98. The van der Waals surface area contributed by atoms with E-state index in [1.165, 1.54) is 0 Å². The van der Waals surface area contributed by atoms with E-state index in [-0.39, 0.29) is 18.6 Å². The molecule has 4 nitrogen and oxygen atoms in total. The highest BCUT2D eigenvalue weighted by atomic mass is 35.5. The number of fused-ring (bicyclic) bond motifs is 1. The molecule has 6 heteroatoms. The Morgan fingerprint density at radius 3 is 2.68 bits per heavy atom. The Kier molecular flexibility index (Phi) is 5.59. The minimum Gasteiger partial charge on any atom is -0.388 e. The molecule has 1 unspecified atom stereocenters. The van der Waals surface area contributed by atoms with E-state index in [9.17, 15) is 9.90 Å². The summed E-state index contributed by atoms with van der Waals surface area (Å²) in [7, 11) is 0. The molecule has 2 amide bonds. The van der Waals surface area contributed by atoms with E-state index in [0.717, 1.165) is 24.0 Å². The van der Waals surface area contributed by atoms with E-state index in [1.54, 1.807) is 6.07 Å². The van der Waals surface area contributed by atoms with Gasteiger partial charge in [0.05, 0.1) is 21.7 Å². The number of rotatable bonds is 5. The zero-order chi connectivity index (χ0) is 16.3. The number of carbonyl (C=O) groups is 1. The average Bonchev–Trinajstić information content (AvgIpc) is 2.92. The highest BCUT2D eigenvalue weighted by Crippen LogP contribution is 2.38. The Morgan fingerprint density at radius 2 is 2.05 bits per heavy atom. The molecule has 1 aromatic rings. The molecule has 22 heavy (non-hydrogen) atoms. The summed E-state index contributed by atoms with van der Waals surface area (Å²) in [6.45, 7) is 4.05. The van der Waals surface area contributed by atoms with E-state index in [0.29, 0.717) is 22.9 Å². The number of hydrogen-bond acceptors (Lipinski definition) is 2. The first kappa shape index (κ1) is 17.4. The number of halogens is 2. The van der Waals surface area contributed by atoms with Crippen molar-refractivity contribution in [2.24, 2.45) is 0 Å². The lowest BCUT2D eigenvalue weighted by Crippen LogP contribution is -2.46. The molecule has 1 aliphatic carbocycles. The van der Waals surface area contributed by atoms with Crippen LogP contribution in [0.1, 0.15) is 50.3 Å². The van der Waals surface area contributed by atoms with E-state index < -0.39 is 5.60 Å². The van der Waals surface area contributed by atoms with Crippen molar-refractivity contribution in [1.82, 2.24) is 10.6 Å². The van der Waals surface area contributed by atoms with E-state index in [2.05, 4.69) is 10.6 Å². The summed E-state index contributed by atoms with van der Waals surface area (Å²) >= 11 is 12.2. The normalized spacial score (nSPS) is 17.2. The fourth-order valence-corrected chi connectivity index (χ4v) is 3.18. The van der Waals surface area contributed by atoms with Gasteiger partial charge >= 0.3 is 6.03 Å². The first-order valence-corrected chi connectivity index (χ1v) is 8.39. The van der Waals surface area contributed by atoms with Gasteiger partial charge in [0.15, 0.2) is 0 Å². The molecule has 0 saturated heterocycles. The van der Waals surface area contributed by atoms with Crippen molar-refractivity contribution in [3.8, 4) is 0 Å². The van der Waals surface area contributed by atoms with Crippen LogP contribution in [-0.2, 0) is 6.42 Å². The summed E-state index contributed by atoms with van der Waals surface area (Å²) in [6, 6.07) is 3.33. The van der Waals surface area contributed by atoms with Crippen LogP contribution in [0.3, 0.4) is 0 Å². The van der Waals surface area contributed by atoms with Crippen molar-refractivity contribution in [1.29, 1.82) is 0 Å². The molecule has 3 N–H and O–H groups in total. The van der Waals surface area contributed by atoms with Gasteiger partial charge in [0, 0.05) is 6.54 Å². The van der Waals surface area contributed by atoms with Gasteiger partial charge in [0.25, 0.3) is 0 Å². The number of hydrogen-bond donors (Lipinski definition) is 3. The van der Waals surface area contributed by atoms with Crippen molar-refractivity contribution in [2.75, 3.05) is 6.54 Å². The molecule has 0 saturated carbocycles. The minimum absolute atomic E-state index is 0.0684. The number of benzene rings is 1. The molecule has 0 heterocycles. The summed E-state index contributed by atoms with van der Waals surface area (Å²) in [4.78, 5) is 12.0. The van der Waals surface area contributed by atoms with Gasteiger partial charge in [0.1, 0.15) is 0 Å². The monoisotopic (exact) mass is 344 g/mol. The van der Waals surface area contributed by atoms with Gasteiger partial charge in [-0.25, -0.2) is 4.79 Å². The molecule has 0 spiro atoms. The molecule has 0 fully saturated rings. The third kappa shape index (κ3) is 3.67. The van der Waals surface area contributed by atoms with Gasteiger partial charge in [-0.3, -0.25) is 0 Å². The molecule has 122 valence electrons. The zero-order valence-electron chi connectivity index (χ0n) is 12.9. The maximum atomic E-state index is 12.0. The molecule has 1 aliphatic rings. The van der Waals surface area contributed by atoms with Crippen LogP contribution in [0.4, 0.5) is 4.79 Å². The van der Waals surface area contributed by atoms with Gasteiger partial charge < -0.3 is 15.7 Å². The van der Waals surface area contributed by atoms with Gasteiger partial charge in [-0.2, -0.15) is 0 Å². The van der Waals surface area contributed by atoms with E-state index in [1.807, 2.05) is 19.9 Å². The highest BCUT2D eigenvalue weighted by molar-refractivity contribution is 6.42. The SMILES string of the molecule is CCC(O)(CC)CNC(=O)NC1CCc2c1ccc(Cl)c2Cl. The summed E-state index contributed by atoms with van der Waals surface area (Å²) in [6.07, 6.45) is 2.80. The average molecular weight is 345 g/mol. The summed E-state index contributed by atoms with van der Waals surface area (Å²) < 4.78 is 0. The van der Waals surface area contributed by atoms with Crippen LogP contribution in [0, 0.1) is 0 Å². The Hall–Kier alpha value is -0.970. The Balaban J connectivity index is 1.97. The Labute approximate surface area is 141 Å². The largest absolute Gasteiger partial charge is 0.388 e. The van der Waals surface area contributed by atoms with Crippen molar-refractivity contribution < 1.29 is 9.90 Å². The smallest absolute Gasteiger partial charge is 0.315 e. The van der Waals surface area contributed by atoms with Crippen LogP contribution in [-0.4, -0.2) is 23.3 Å². The maximum absolute atomic E-state index is 12.0. The van der Waals surface area contributed by atoms with Crippen LogP contribution >= 0.6 is 23.2 Å². The van der Waals surface area contributed by atoms with Crippen LogP contribution in [0.25, 0.3) is 0 Å². The number of nitrogens with one attached hydrogen (secondary N) is 2. The third-order valence-electron chi connectivity index (χ3n) is 4.49. The minimum atomic E-state index is -0.845. The first-order valence-electron chi connectivity index (χ1n) is 7.63. The van der Waals surface area contributed by atoms with Crippen LogP contribution < -0.4 is 10.6 Å². The molecule has 0 radical (unpaired) electrons. The number of amides is 2. The molecular formula is C16H22Cl2N2O2. The van der Waals surface area contributed by atoms with Crippen LogP contribution in [0.2, 0.25) is 10.0 Å². The van der Waals surface area contributed by atoms with E-state index >= 15 is 0 Å². The maximum Gasteiger partial charge on any atom is 0.315 e. The third-order valence-corrected chi connectivity index (χ3v) is 5.33. The number of urea groups is 1. The second-order valence-electron chi connectivity index (χ2n) is 5.78. The van der Waals surface area contributed by atoms with Gasteiger partial charge in [-0.1, -0.05) is 43.1 Å². The number of carbonyl (C=O) groups excluding carboxylic acids is 1. The standard InChI is InChI=1S/C16H22Cl2N2O2/c1-3-16(22,4-2)9-19-15(21)20-13-8-6-11-10(13)5-7-12(17)14(11)18/h5,7,13,22H,3-4,6,8-9H2,1-2H3,(H2,19,20,21). The zero-order valence-corrected chi connectivity index (χ0v) is 14.4. The predicted molar refractivity (Wildman–Crippen MR) is 89.6 cm³/mol. The van der Waals surface area contributed by atoms with Crippen molar-refractivity contribution in [3.05, 3.63) is 33.3 Å². The molecular weight excluding hydrogens is 323 g/mol. The van der Waals surface area contributed by atoms with Gasteiger partial charge in [-0.15, -0.1) is 0 Å². The quantitative estimate of drug-likeness (QED) is 0.760. The topological polar surface area (TPSA) is 61.4 Å². The van der Waals surface area contributed by atoms with Gasteiger partial charge in [-0.05, 0) is 42.9 Å². The van der Waals surface area contributed by atoms with Crippen molar-refractivity contribution >= 4 is 29.2 Å². The summed E-state index contributed by atoms with van der Waals surface area (Å²) in [5.41, 5.74) is 1.19. The van der Waals surface area contributed by atoms with Gasteiger partial charge in [0.2, 0.25) is 0 Å². The van der Waals surface area contributed by atoms with Crippen molar-refractivity contribution in [2.45, 2.75) is 51.2 Å². The van der Waals surface area contributed by atoms with Crippen LogP contribution in [0.15, 0.2) is 12.1 Å². The fourth-order valence-electron chi connectivity index (χ4n) is 2.74. The predicted octanol–water partition coefficient (Wildman–Crippen LogP) is 3.83. The molecule has 2 rings (SSSR count). The number of aliphatic hydroxyl groups is 1. The highest BCUT2D eigenvalue weighted by Gasteiger charge is 2.28. The van der Waals surface area contributed by atoms with Crippen molar-refractivity contribution in [3.63, 3.8) is 0 Å².